The van der Waals surface area contributed by atoms with Crippen LogP contribution in [-0.2, 0) is 19.6 Å². The van der Waals surface area contributed by atoms with E-state index in [9.17, 15) is 18.0 Å². The Morgan fingerprint density at radius 2 is 1.79 bits per heavy atom. The number of hydrogen-bond acceptors (Lipinski definition) is 5. The maximum atomic E-state index is 13.0. The van der Waals surface area contributed by atoms with E-state index in [0.717, 1.165) is 32.1 Å². The van der Waals surface area contributed by atoms with Crippen molar-refractivity contribution in [1.82, 2.24) is 9.62 Å². The van der Waals surface area contributed by atoms with Gasteiger partial charge in [0.15, 0.2) is 6.61 Å². The van der Waals surface area contributed by atoms with Crippen LogP contribution in [0.15, 0.2) is 29.2 Å². The molecule has 1 saturated carbocycles. The Morgan fingerprint density at radius 1 is 1.14 bits per heavy atom. The molecule has 2 fully saturated rings. The first-order chi connectivity index (χ1) is 13.8. The summed E-state index contributed by atoms with van der Waals surface area (Å²) in [6, 6.07) is 6.00. The number of piperidine rings is 1. The van der Waals surface area contributed by atoms with Gasteiger partial charge in [-0.05, 0) is 49.3 Å². The lowest BCUT2D eigenvalue weighted by molar-refractivity contribution is -0.124. The molecule has 160 valence electrons. The third kappa shape index (κ3) is 5.57. The highest BCUT2D eigenvalue weighted by molar-refractivity contribution is 7.89. The van der Waals surface area contributed by atoms with E-state index in [1.54, 1.807) is 0 Å². The van der Waals surface area contributed by atoms with Crippen molar-refractivity contribution in [2.45, 2.75) is 56.9 Å². The summed E-state index contributed by atoms with van der Waals surface area (Å²) in [6.45, 7) is 4.67. The highest BCUT2D eigenvalue weighted by atomic mass is 32.2. The number of nitrogens with zero attached hydrogens (tertiary/aromatic N) is 1. The number of amides is 1. The van der Waals surface area contributed by atoms with Gasteiger partial charge in [0, 0.05) is 19.1 Å². The van der Waals surface area contributed by atoms with Crippen LogP contribution >= 0.6 is 0 Å². The van der Waals surface area contributed by atoms with Crippen molar-refractivity contribution in [3.63, 3.8) is 0 Å². The normalized spacial score (nSPS) is 23.7. The van der Waals surface area contributed by atoms with Crippen LogP contribution in [0.3, 0.4) is 0 Å². The first-order valence-electron chi connectivity index (χ1n) is 10.3. The number of esters is 1. The van der Waals surface area contributed by atoms with Gasteiger partial charge in [0.25, 0.3) is 5.91 Å². The monoisotopic (exact) mass is 422 g/mol. The van der Waals surface area contributed by atoms with Gasteiger partial charge in [0.2, 0.25) is 10.0 Å². The van der Waals surface area contributed by atoms with Crippen molar-refractivity contribution >= 4 is 21.9 Å². The lowest BCUT2D eigenvalue weighted by Gasteiger charge is -2.34. The summed E-state index contributed by atoms with van der Waals surface area (Å²) >= 11 is 0. The molecule has 0 radical (unpaired) electrons. The first-order valence-corrected chi connectivity index (χ1v) is 11.8. The third-order valence-electron chi connectivity index (χ3n) is 5.60. The van der Waals surface area contributed by atoms with E-state index in [0.29, 0.717) is 24.9 Å². The van der Waals surface area contributed by atoms with Gasteiger partial charge >= 0.3 is 5.97 Å². The van der Waals surface area contributed by atoms with Gasteiger partial charge in [-0.25, -0.2) is 13.2 Å². The molecule has 1 aromatic carbocycles. The van der Waals surface area contributed by atoms with Crippen LogP contribution in [0, 0.1) is 11.8 Å². The predicted molar refractivity (Wildman–Crippen MR) is 109 cm³/mol. The summed E-state index contributed by atoms with van der Waals surface area (Å²) < 4.78 is 32.6. The van der Waals surface area contributed by atoms with Crippen LogP contribution in [0.5, 0.6) is 0 Å². The SMILES string of the molecule is CC1CC(C)CN(S(=O)(=O)c2cccc(C(=O)OCC(=O)NC3CCCC3)c2)C1. The molecule has 3 rings (SSSR count). The number of ether oxygens (including phenoxy) is 1. The van der Waals surface area contributed by atoms with Gasteiger partial charge in [-0.1, -0.05) is 32.8 Å². The molecule has 7 nitrogen and oxygen atoms in total. The van der Waals surface area contributed by atoms with Crippen LogP contribution in [0.2, 0.25) is 0 Å². The molecule has 1 aliphatic carbocycles. The Bertz CT molecular complexity index is 838. The second-order valence-electron chi connectivity index (χ2n) is 8.42. The molecule has 29 heavy (non-hydrogen) atoms. The van der Waals surface area contributed by atoms with Crippen LogP contribution in [0.4, 0.5) is 0 Å². The quantitative estimate of drug-likeness (QED) is 0.711. The van der Waals surface area contributed by atoms with E-state index in [-0.39, 0.29) is 29.0 Å². The number of carbonyl (C=O) groups excluding carboxylic acids is 2. The molecule has 1 saturated heterocycles. The van der Waals surface area contributed by atoms with E-state index in [1.165, 1.54) is 28.6 Å². The maximum absolute atomic E-state index is 13.0. The number of carbonyl (C=O) groups is 2. The fourth-order valence-electron chi connectivity index (χ4n) is 4.29. The van der Waals surface area contributed by atoms with E-state index in [4.69, 9.17) is 4.74 Å². The zero-order chi connectivity index (χ0) is 21.0. The van der Waals surface area contributed by atoms with E-state index >= 15 is 0 Å². The van der Waals surface area contributed by atoms with Crippen LogP contribution in [0.25, 0.3) is 0 Å². The smallest absolute Gasteiger partial charge is 0.338 e. The molecule has 0 bridgehead atoms. The zero-order valence-corrected chi connectivity index (χ0v) is 17.9. The summed E-state index contributed by atoms with van der Waals surface area (Å²) in [4.78, 5) is 24.3. The summed E-state index contributed by atoms with van der Waals surface area (Å²) in [6.07, 6.45) is 5.10. The summed E-state index contributed by atoms with van der Waals surface area (Å²) in [5.74, 6) is -0.450. The van der Waals surface area contributed by atoms with Gasteiger partial charge < -0.3 is 10.1 Å². The molecule has 2 atom stereocenters. The van der Waals surface area contributed by atoms with Crippen molar-refractivity contribution in [2.75, 3.05) is 19.7 Å². The lowest BCUT2D eigenvalue weighted by Crippen LogP contribution is -2.42. The average Bonchev–Trinajstić information content (AvgIpc) is 3.18. The molecule has 1 amide bonds. The molecular formula is C21H30N2O5S. The second-order valence-corrected chi connectivity index (χ2v) is 10.4. The number of nitrogens with one attached hydrogen (secondary N) is 1. The topological polar surface area (TPSA) is 92.8 Å². The fourth-order valence-corrected chi connectivity index (χ4v) is 6.01. The summed E-state index contributed by atoms with van der Waals surface area (Å²) in [7, 11) is -3.68. The Labute approximate surface area is 172 Å². The summed E-state index contributed by atoms with van der Waals surface area (Å²) in [5, 5.41) is 2.85. The minimum Gasteiger partial charge on any atom is -0.452 e. The molecule has 1 N–H and O–H groups in total. The lowest BCUT2D eigenvalue weighted by atomic mass is 9.94. The largest absolute Gasteiger partial charge is 0.452 e. The first kappa shape index (κ1) is 21.8. The molecule has 2 aliphatic rings. The molecule has 1 heterocycles. The van der Waals surface area contributed by atoms with Crippen molar-refractivity contribution in [3.8, 4) is 0 Å². The van der Waals surface area contributed by atoms with Crippen molar-refractivity contribution in [3.05, 3.63) is 29.8 Å². The van der Waals surface area contributed by atoms with Gasteiger partial charge in [-0.2, -0.15) is 4.31 Å². The van der Waals surface area contributed by atoms with E-state index in [2.05, 4.69) is 5.32 Å². The van der Waals surface area contributed by atoms with Crippen LogP contribution in [-0.4, -0.2) is 50.3 Å². The number of hydrogen-bond donors (Lipinski definition) is 1. The van der Waals surface area contributed by atoms with Crippen molar-refractivity contribution in [2.24, 2.45) is 11.8 Å². The Balaban J connectivity index is 1.63. The van der Waals surface area contributed by atoms with Crippen LogP contribution in [0.1, 0.15) is 56.3 Å². The third-order valence-corrected chi connectivity index (χ3v) is 7.43. The van der Waals surface area contributed by atoms with Crippen molar-refractivity contribution in [1.29, 1.82) is 0 Å². The number of sulfonamides is 1. The highest BCUT2D eigenvalue weighted by Crippen LogP contribution is 2.27. The molecular weight excluding hydrogens is 392 g/mol. The standard InChI is InChI=1S/C21H30N2O5S/c1-15-10-16(2)13-23(12-15)29(26,27)19-9-5-6-17(11-19)21(25)28-14-20(24)22-18-7-3-4-8-18/h5-6,9,11,15-16,18H,3-4,7-8,10,12-14H2,1-2H3,(H,22,24). The molecule has 2 unspecified atom stereocenters. The highest BCUT2D eigenvalue weighted by Gasteiger charge is 2.32. The van der Waals surface area contributed by atoms with Gasteiger partial charge in [-0.15, -0.1) is 0 Å². The predicted octanol–water partition coefficient (Wildman–Crippen LogP) is 2.57. The van der Waals surface area contributed by atoms with E-state index < -0.39 is 16.0 Å². The maximum Gasteiger partial charge on any atom is 0.338 e. The molecule has 0 aromatic heterocycles. The number of benzene rings is 1. The average molecular weight is 423 g/mol. The van der Waals surface area contributed by atoms with Crippen molar-refractivity contribution < 1.29 is 22.7 Å². The Hall–Kier alpha value is -1.93. The van der Waals surface area contributed by atoms with Gasteiger partial charge in [-0.3, -0.25) is 4.79 Å². The zero-order valence-electron chi connectivity index (χ0n) is 17.1. The van der Waals surface area contributed by atoms with E-state index in [1.807, 2.05) is 13.8 Å². The summed E-state index contributed by atoms with van der Waals surface area (Å²) in [5.41, 5.74) is 0.123. The molecule has 0 spiro atoms. The van der Waals surface area contributed by atoms with Gasteiger partial charge in [0.1, 0.15) is 0 Å². The minimum absolute atomic E-state index is 0.0728. The van der Waals surface area contributed by atoms with Gasteiger partial charge in [0.05, 0.1) is 10.5 Å². The molecule has 1 aliphatic heterocycles. The second kappa shape index (κ2) is 9.26. The molecule has 1 aromatic rings. The molecule has 8 heteroatoms. The Morgan fingerprint density at radius 3 is 2.45 bits per heavy atom. The fraction of sp³-hybridized carbons (Fsp3) is 0.619. The van der Waals surface area contributed by atoms with Crippen LogP contribution < -0.4 is 5.32 Å². The minimum atomic E-state index is -3.68. The number of rotatable bonds is 6. The Kier molecular flexibility index (Phi) is 6.95.